The molecule has 0 radical (unpaired) electrons. The van der Waals surface area contributed by atoms with E-state index in [0.717, 1.165) is 12.1 Å². The summed E-state index contributed by atoms with van der Waals surface area (Å²) in [7, 11) is 0. The van der Waals surface area contributed by atoms with E-state index in [4.69, 9.17) is 11.6 Å². The second-order valence-electron chi connectivity index (χ2n) is 4.06. The number of Topliss-reactive ketones (excluding diaryl/α,β-unsaturated/α-hetero) is 1. The highest BCUT2D eigenvalue weighted by Gasteiger charge is 2.20. The molecule has 0 aliphatic heterocycles. The zero-order chi connectivity index (χ0) is 14.7. The molecular weight excluding hydrogens is 304 g/mol. The molecular formula is C14H10ClF2NOS. The van der Waals surface area contributed by atoms with Gasteiger partial charge in [-0.1, -0.05) is 23.4 Å². The molecule has 2 rings (SSSR count). The molecule has 20 heavy (non-hydrogen) atoms. The van der Waals surface area contributed by atoms with Crippen molar-refractivity contribution < 1.29 is 13.6 Å². The van der Waals surface area contributed by atoms with Crippen LogP contribution >= 0.6 is 23.4 Å². The lowest BCUT2D eigenvalue weighted by atomic mass is 10.1. The second kappa shape index (κ2) is 6.33. The van der Waals surface area contributed by atoms with Crippen LogP contribution in [0.2, 0.25) is 5.02 Å². The summed E-state index contributed by atoms with van der Waals surface area (Å²) in [4.78, 5) is 16.2. The first-order chi connectivity index (χ1) is 9.47. The van der Waals surface area contributed by atoms with Crippen LogP contribution < -0.4 is 0 Å². The monoisotopic (exact) mass is 313 g/mol. The molecule has 1 heterocycles. The summed E-state index contributed by atoms with van der Waals surface area (Å²) < 4.78 is 26.4. The quantitative estimate of drug-likeness (QED) is 0.620. The van der Waals surface area contributed by atoms with E-state index in [1.54, 1.807) is 19.1 Å². The van der Waals surface area contributed by atoms with E-state index in [2.05, 4.69) is 4.98 Å². The zero-order valence-electron chi connectivity index (χ0n) is 10.4. The van der Waals surface area contributed by atoms with E-state index in [1.165, 1.54) is 18.0 Å². The number of aromatic nitrogens is 1. The van der Waals surface area contributed by atoms with Gasteiger partial charge in [0.2, 0.25) is 0 Å². The Kier molecular flexibility index (Phi) is 4.73. The average Bonchev–Trinajstić information content (AvgIpc) is 2.40. The van der Waals surface area contributed by atoms with E-state index in [9.17, 15) is 13.6 Å². The van der Waals surface area contributed by atoms with E-state index >= 15 is 0 Å². The molecule has 0 spiro atoms. The Morgan fingerprint density at radius 1 is 1.30 bits per heavy atom. The Hall–Kier alpha value is -1.46. The van der Waals surface area contributed by atoms with E-state index in [1.807, 2.05) is 0 Å². The Morgan fingerprint density at radius 2 is 2.05 bits per heavy atom. The van der Waals surface area contributed by atoms with E-state index < -0.39 is 22.7 Å². The minimum atomic E-state index is -0.855. The molecule has 0 aliphatic rings. The van der Waals surface area contributed by atoms with Gasteiger partial charge in [0.05, 0.1) is 20.9 Å². The van der Waals surface area contributed by atoms with Crippen molar-refractivity contribution in [3.05, 3.63) is 58.7 Å². The Morgan fingerprint density at radius 3 is 2.65 bits per heavy atom. The molecule has 104 valence electrons. The third-order valence-corrected chi connectivity index (χ3v) is 3.84. The Bertz CT molecular complexity index is 634. The van der Waals surface area contributed by atoms with Crippen molar-refractivity contribution >= 4 is 29.1 Å². The van der Waals surface area contributed by atoms with Crippen molar-refractivity contribution in [1.82, 2.24) is 4.98 Å². The average molecular weight is 314 g/mol. The van der Waals surface area contributed by atoms with Gasteiger partial charge in [0.25, 0.3) is 0 Å². The highest BCUT2D eigenvalue weighted by molar-refractivity contribution is 8.00. The Labute approximate surface area is 124 Å². The van der Waals surface area contributed by atoms with Gasteiger partial charge in [-0.25, -0.2) is 13.8 Å². The van der Waals surface area contributed by atoms with Gasteiger partial charge in [-0.05, 0) is 31.2 Å². The van der Waals surface area contributed by atoms with Crippen molar-refractivity contribution in [3.8, 4) is 0 Å². The predicted octanol–water partition coefficient (Wildman–Crippen LogP) is 4.38. The summed E-state index contributed by atoms with van der Waals surface area (Å²) in [6.07, 6.45) is 1.47. The van der Waals surface area contributed by atoms with Crippen molar-refractivity contribution in [2.75, 3.05) is 0 Å². The molecule has 6 heteroatoms. The number of nitrogens with zero attached hydrogens (tertiary/aromatic N) is 1. The number of halogens is 3. The van der Waals surface area contributed by atoms with Gasteiger partial charge >= 0.3 is 0 Å². The molecule has 0 aliphatic carbocycles. The van der Waals surface area contributed by atoms with Gasteiger partial charge in [-0.3, -0.25) is 4.79 Å². The number of ketones is 1. The first-order valence-electron chi connectivity index (χ1n) is 5.75. The molecule has 0 bridgehead atoms. The number of hydrogen-bond acceptors (Lipinski definition) is 3. The van der Waals surface area contributed by atoms with Crippen LogP contribution in [0, 0.1) is 11.6 Å². The fourth-order valence-electron chi connectivity index (χ4n) is 1.57. The minimum absolute atomic E-state index is 0.125. The van der Waals surface area contributed by atoms with Crippen LogP contribution in [0.5, 0.6) is 0 Å². The molecule has 1 aromatic carbocycles. The summed E-state index contributed by atoms with van der Waals surface area (Å²) in [5, 5.41) is 0.569. The summed E-state index contributed by atoms with van der Waals surface area (Å²) in [6, 6.07) is 6.25. The molecule has 0 saturated carbocycles. The summed E-state index contributed by atoms with van der Waals surface area (Å²) in [5.41, 5.74) is -0.125. The smallest absolute Gasteiger partial charge is 0.178 e. The van der Waals surface area contributed by atoms with E-state index in [-0.39, 0.29) is 5.56 Å². The lowest BCUT2D eigenvalue weighted by Gasteiger charge is -2.10. The maximum Gasteiger partial charge on any atom is 0.178 e. The lowest BCUT2D eigenvalue weighted by molar-refractivity contribution is 0.0990. The number of thioether (sulfide) groups is 1. The number of benzene rings is 1. The first-order valence-corrected chi connectivity index (χ1v) is 7.00. The van der Waals surface area contributed by atoms with Gasteiger partial charge < -0.3 is 0 Å². The minimum Gasteiger partial charge on any atom is -0.293 e. The van der Waals surface area contributed by atoms with Crippen molar-refractivity contribution in [2.45, 2.75) is 17.2 Å². The van der Waals surface area contributed by atoms with Crippen LogP contribution in [0.4, 0.5) is 8.78 Å². The Balaban J connectivity index is 2.14. The maximum atomic E-state index is 13.5. The standard InChI is InChI=1S/C14H10ClF2NOS/c1-8(20-13-5-2-9(15)7-18-13)14(19)11-4-3-10(16)6-12(11)17/h2-8H,1H3. The molecule has 0 fully saturated rings. The highest BCUT2D eigenvalue weighted by atomic mass is 35.5. The molecule has 2 aromatic rings. The third kappa shape index (κ3) is 3.55. The summed E-state index contributed by atoms with van der Waals surface area (Å²) >= 11 is 6.91. The van der Waals surface area contributed by atoms with Gasteiger partial charge in [-0.15, -0.1) is 0 Å². The molecule has 0 saturated heterocycles. The number of carbonyl (C=O) groups excluding carboxylic acids is 1. The second-order valence-corrected chi connectivity index (χ2v) is 5.86. The van der Waals surface area contributed by atoms with Crippen LogP contribution in [0.25, 0.3) is 0 Å². The van der Waals surface area contributed by atoms with Gasteiger partial charge in [-0.2, -0.15) is 0 Å². The van der Waals surface area contributed by atoms with Crippen LogP contribution in [0.1, 0.15) is 17.3 Å². The summed E-state index contributed by atoms with van der Waals surface area (Å²) in [6.45, 7) is 1.64. The van der Waals surface area contributed by atoms with Crippen molar-refractivity contribution in [1.29, 1.82) is 0 Å². The SMILES string of the molecule is CC(Sc1ccc(Cl)cn1)C(=O)c1ccc(F)cc1F. The number of carbonyl (C=O) groups is 1. The maximum absolute atomic E-state index is 13.5. The van der Waals surface area contributed by atoms with E-state index in [0.29, 0.717) is 16.1 Å². The van der Waals surface area contributed by atoms with Crippen molar-refractivity contribution in [2.24, 2.45) is 0 Å². The largest absolute Gasteiger partial charge is 0.293 e. The van der Waals surface area contributed by atoms with Gasteiger partial charge in [0.1, 0.15) is 11.6 Å². The van der Waals surface area contributed by atoms with Crippen LogP contribution in [-0.4, -0.2) is 16.0 Å². The van der Waals surface area contributed by atoms with Crippen LogP contribution in [0.3, 0.4) is 0 Å². The molecule has 0 N–H and O–H groups in total. The normalized spacial score (nSPS) is 12.2. The molecule has 1 aromatic heterocycles. The fraction of sp³-hybridized carbons (Fsp3) is 0.143. The number of pyridine rings is 1. The first kappa shape index (κ1) is 14.9. The van der Waals surface area contributed by atoms with Crippen LogP contribution in [-0.2, 0) is 0 Å². The topological polar surface area (TPSA) is 30.0 Å². The fourth-order valence-corrected chi connectivity index (χ4v) is 2.54. The van der Waals surface area contributed by atoms with Gasteiger partial charge in [0, 0.05) is 12.3 Å². The van der Waals surface area contributed by atoms with Gasteiger partial charge in [0.15, 0.2) is 5.78 Å². The molecule has 1 atom stereocenters. The molecule has 2 nitrogen and oxygen atoms in total. The van der Waals surface area contributed by atoms with Crippen molar-refractivity contribution in [3.63, 3.8) is 0 Å². The third-order valence-electron chi connectivity index (χ3n) is 2.56. The predicted molar refractivity (Wildman–Crippen MR) is 75.3 cm³/mol. The highest BCUT2D eigenvalue weighted by Crippen LogP contribution is 2.25. The number of rotatable bonds is 4. The lowest BCUT2D eigenvalue weighted by Crippen LogP contribution is -2.15. The molecule has 1 unspecified atom stereocenters. The van der Waals surface area contributed by atoms with Crippen LogP contribution in [0.15, 0.2) is 41.6 Å². The zero-order valence-corrected chi connectivity index (χ0v) is 12.0. The summed E-state index contributed by atoms with van der Waals surface area (Å²) in [5.74, 6) is -1.98. The molecule has 0 amide bonds. The number of hydrogen-bond donors (Lipinski definition) is 0.